The summed E-state index contributed by atoms with van der Waals surface area (Å²) in [6.07, 6.45) is 0.633. The van der Waals surface area contributed by atoms with Crippen LogP contribution in [0.2, 0.25) is 0 Å². The molecule has 20 heavy (non-hydrogen) atoms. The number of aryl methyl sites for hydroxylation is 1. The Balaban J connectivity index is 2.38. The fourth-order valence-electron chi connectivity index (χ4n) is 2.29. The van der Waals surface area contributed by atoms with Crippen molar-refractivity contribution in [3.8, 4) is 0 Å². The second-order valence-electron chi connectivity index (χ2n) is 4.70. The number of nitrogens with zero attached hydrogens (tertiary/aromatic N) is 1. The fourth-order valence-corrected chi connectivity index (χ4v) is 3.64. The highest BCUT2D eigenvalue weighted by atomic mass is 32.2. The summed E-state index contributed by atoms with van der Waals surface area (Å²) in [4.78, 5) is 25.1. The molecule has 1 heterocycles. The SMILES string of the molecule is CCC1SCC(C(=O)O)N1C(=O)c1cccc(C)c1F. The molecule has 0 bridgehead atoms. The third-order valence-electron chi connectivity index (χ3n) is 3.38. The molecule has 1 fully saturated rings. The van der Waals surface area contributed by atoms with Crippen LogP contribution in [-0.4, -0.2) is 39.1 Å². The highest BCUT2D eigenvalue weighted by Crippen LogP contribution is 2.33. The molecule has 0 aliphatic carbocycles. The van der Waals surface area contributed by atoms with E-state index in [9.17, 15) is 19.1 Å². The quantitative estimate of drug-likeness (QED) is 0.931. The lowest BCUT2D eigenvalue weighted by molar-refractivity contribution is -0.141. The first-order valence-corrected chi connectivity index (χ1v) is 7.44. The summed E-state index contributed by atoms with van der Waals surface area (Å²) < 4.78 is 14.1. The Kier molecular flexibility index (Phi) is 4.32. The summed E-state index contributed by atoms with van der Waals surface area (Å²) in [5, 5.41) is 9.00. The number of benzene rings is 1. The van der Waals surface area contributed by atoms with Crippen molar-refractivity contribution in [2.24, 2.45) is 0 Å². The van der Waals surface area contributed by atoms with Crippen LogP contribution in [0.3, 0.4) is 0 Å². The van der Waals surface area contributed by atoms with E-state index < -0.39 is 23.7 Å². The number of amides is 1. The van der Waals surface area contributed by atoms with E-state index in [4.69, 9.17) is 0 Å². The second-order valence-corrected chi connectivity index (χ2v) is 5.91. The highest BCUT2D eigenvalue weighted by molar-refractivity contribution is 8.00. The lowest BCUT2D eigenvalue weighted by Gasteiger charge is -2.27. The molecule has 0 spiro atoms. The molecule has 1 aromatic carbocycles. The van der Waals surface area contributed by atoms with Crippen molar-refractivity contribution in [3.05, 3.63) is 35.1 Å². The molecule has 108 valence electrons. The van der Waals surface area contributed by atoms with E-state index in [2.05, 4.69) is 0 Å². The number of halogens is 1. The molecule has 0 saturated carbocycles. The van der Waals surface area contributed by atoms with Crippen LogP contribution in [-0.2, 0) is 4.79 Å². The van der Waals surface area contributed by atoms with Gasteiger partial charge in [-0.3, -0.25) is 4.79 Å². The van der Waals surface area contributed by atoms with Gasteiger partial charge < -0.3 is 10.0 Å². The Labute approximate surface area is 121 Å². The summed E-state index contributed by atoms with van der Waals surface area (Å²) in [5.41, 5.74) is 0.319. The van der Waals surface area contributed by atoms with Crippen molar-refractivity contribution in [1.29, 1.82) is 0 Å². The Morgan fingerprint density at radius 3 is 2.80 bits per heavy atom. The maximum absolute atomic E-state index is 14.1. The highest BCUT2D eigenvalue weighted by Gasteiger charge is 2.41. The van der Waals surface area contributed by atoms with Gasteiger partial charge in [-0.2, -0.15) is 0 Å². The van der Waals surface area contributed by atoms with Gasteiger partial charge in [-0.25, -0.2) is 9.18 Å². The predicted molar refractivity (Wildman–Crippen MR) is 75.3 cm³/mol. The molecule has 6 heteroatoms. The zero-order valence-electron chi connectivity index (χ0n) is 11.3. The average molecular weight is 297 g/mol. The van der Waals surface area contributed by atoms with E-state index >= 15 is 0 Å². The molecule has 1 aliphatic rings. The van der Waals surface area contributed by atoms with Crippen LogP contribution in [0.4, 0.5) is 4.39 Å². The van der Waals surface area contributed by atoms with Crippen LogP contribution in [0.5, 0.6) is 0 Å². The zero-order valence-corrected chi connectivity index (χ0v) is 12.1. The van der Waals surface area contributed by atoms with Crippen LogP contribution >= 0.6 is 11.8 Å². The largest absolute Gasteiger partial charge is 0.480 e. The van der Waals surface area contributed by atoms with Crippen LogP contribution in [0.25, 0.3) is 0 Å². The van der Waals surface area contributed by atoms with E-state index in [1.165, 1.54) is 22.7 Å². The number of hydrogen-bond acceptors (Lipinski definition) is 3. The third kappa shape index (κ3) is 2.52. The molecule has 2 unspecified atom stereocenters. The van der Waals surface area contributed by atoms with Gasteiger partial charge in [0.1, 0.15) is 11.9 Å². The number of aliphatic carboxylic acids is 1. The predicted octanol–water partition coefficient (Wildman–Crippen LogP) is 2.51. The van der Waals surface area contributed by atoms with Crippen LogP contribution in [0.1, 0.15) is 29.3 Å². The molecule has 2 rings (SSSR count). The van der Waals surface area contributed by atoms with Crippen LogP contribution < -0.4 is 0 Å². The normalized spacial score (nSPS) is 22.1. The Hall–Kier alpha value is -1.56. The number of carbonyl (C=O) groups is 2. The minimum absolute atomic E-state index is 0.0581. The van der Waals surface area contributed by atoms with E-state index in [1.807, 2.05) is 6.92 Å². The van der Waals surface area contributed by atoms with Gasteiger partial charge in [0.05, 0.1) is 10.9 Å². The van der Waals surface area contributed by atoms with Gasteiger partial charge in [0.15, 0.2) is 0 Å². The van der Waals surface area contributed by atoms with E-state index in [1.54, 1.807) is 19.1 Å². The summed E-state index contributed by atoms with van der Waals surface area (Å²) in [6.45, 7) is 3.46. The fraction of sp³-hybridized carbons (Fsp3) is 0.429. The second kappa shape index (κ2) is 5.83. The number of hydrogen-bond donors (Lipinski definition) is 1. The molecule has 1 N–H and O–H groups in total. The number of carbonyl (C=O) groups excluding carboxylic acids is 1. The van der Waals surface area contributed by atoms with Gasteiger partial charge in [-0.05, 0) is 25.0 Å². The molecule has 1 amide bonds. The maximum Gasteiger partial charge on any atom is 0.327 e. The smallest absolute Gasteiger partial charge is 0.327 e. The molecule has 1 aromatic rings. The van der Waals surface area contributed by atoms with Crippen LogP contribution in [0.15, 0.2) is 18.2 Å². The van der Waals surface area contributed by atoms with Gasteiger partial charge in [-0.1, -0.05) is 19.1 Å². The molecule has 1 saturated heterocycles. The maximum atomic E-state index is 14.1. The Morgan fingerprint density at radius 1 is 1.50 bits per heavy atom. The minimum Gasteiger partial charge on any atom is -0.480 e. The molecule has 2 atom stereocenters. The minimum atomic E-state index is -1.05. The summed E-state index contributed by atoms with van der Waals surface area (Å²) in [5.74, 6) is -1.83. The van der Waals surface area contributed by atoms with E-state index in [-0.39, 0.29) is 10.9 Å². The van der Waals surface area contributed by atoms with Crippen molar-refractivity contribution >= 4 is 23.6 Å². The van der Waals surface area contributed by atoms with Gasteiger partial charge >= 0.3 is 5.97 Å². The van der Waals surface area contributed by atoms with Gasteiger partial charge in [0, 0.05) is 5.75 Å². The first kappa shape index (κ1) is 14.8. The summed E-state index contributed by atoms with van der Waals surface area (Å²) in [6, 6.07) is 3.69. The molecular weight excluding hydrogens is 281 g/mol. The molecule has 4 nitrogen and oxygen atoms in total. The van der Waals surface area contributed by atoms with Gasteiger partial charge in [0.2, 0.25) is 0 Å². The lowest BCUT2D eigenvalue weighted by atomic mass is 10.1. The molecule has 0 aromatic heterocycles. The van der Waals surface area contributed by atoms with Crippen molar-refractivity contribution in [1.82, 2.24) is 4.90 Å². The van der Waals surface area contributed by atoms with E-state index in [0.717, 1.165) is 0 Å². The van der Waals surface area contributed by atoms with Gasteiger partial charge in [-0.15, -0.1) is 11.8 Å². The van der Waals surface area contributed by atoms with Crippen molar-refractivity contribution in [2.45, 2.75) is 31.7 Å². The molecule has 0 radical (unpaired) electrons. The van der Waals surface area contributed by atoms with Gasteiger partial charge in [0.25, 0.3) is 5.91 Å². The zero-order chi connectivity index (χ0) is 14.9. The molecular formula is C14H16FNO3S. The standard InChI is InChI=1S/C14H16FNO3S/c1-3-11-16(10(7-20-11)14(18)19)13(17)9-6-4-5-8(2)12(9)15/h4-6,10-11H,3,7H2,1-2H3,(H,18,19). The monoisotopic (exact) mass is 297 g/mol. The Morgan fingerprint density at radius 2 is 2.20 bits per heavy atom. The summed E-state index contributed by atoms with van der Waals surface area (Å²) >= 11 is 1.42. The summed E-state index contributed by atoms with van der Waals surface area (Å²) in [7, 11) is 0. The van der Waals surface area contributed by atoms with Crippen molar-refractivity contribution in [3.63, 3.8) is 0 Å². The van der Waals surface area contributed by atoms with Crippen LogP contribution in [0, 0.1) is 12.7 Å². The van der Waals surface area contributed by atoms with Crippen molar-refractivity contribution < 1.29 is 19.1 Å². The molecule has 1 aliphatic heterocycles. The average Bonchev–Trinajstić information content (AvgIpc) is 2.85. The topological polar surface area (TPSA) is 57.6 Å². The third-order valence-corrected chi connectivity index (χ3v) is 4.84. The Bertz CT molecular complexity index is 549. The number of carboxylic acids is 1. The van der Waals surface area contributed by atoms with E-state index in [0.29, 0.717) is 17.7 Å². The number of rotatable bonds is 3. The number of carboxylic acid groups (broad SMARTS) is 1. The lowest BCUT2D eigenvalue weighted by Crippen LogP contribution is -2.45. The number of thioether (sulfide) groups is 1. The van der Waals surface area contributed by atoms with Crippen molar-refractivity contribution in [2.75, 3.05) is 5.75 Å². The first-order valence-electron chi connectivity index (χ1n) is 6.39. The first-order chi connectivity index (χ1) is 9.47.